The molecular formula is C12H13FN2O5S. The Morgan fingerprint density at radius 1 is 1.38 bits per heavy atom. The average Bonchev–Trinajstić information content (AvgIpc) is 2.66. The second kappa shape index (κ2) is 5.41. The molecule has 1 fully saturated rings. The molecule has 1 aliphatic rings. The van der Waals surface area contributed by atoms with Crippen LogP contribution in [0.3, 0.4) is 0 Å². The van der Waals surface area contributed by atoms with Crippen LogP contribution in [0.2, 0.25) is 0 Å². The number of rotatable bonds is 4. The number of benzene rings is 1. The minimum Gasteiger partial charge on any atom is -0.494 e. The van der Waals surface area contributed by atoms with Crippen molar-refractivity contribution in [1.29, 1.82) is 0 Å². The summed E-state index contributed by atoms with van der Waals surface area (Å²) in [6.45, 7) is 0. The van der Waals surface area contributed by atoms with E-state index in [1.165, 1.54) is 14.2 Å². The van der Waals surface area contributed by atoms with Crippen molar-refractivity contribution in [3.8, 4) is 5.75 Å². The summed E-state index contributed by atoms with van der Waals surface area (Å²) in [5.41, 5.74) is 0. The first kappa shape index (κ1) is 15.4. The number of hydrogen-bond acceptors (Lipinski definition) is 5. The van der Waals surface area contributed by atoms with Crippen LogP contribution >= 0.6 is 0 Å². The van der Waals surface area contributed by atoms with Crippen LogP contribution in [0.5, 0.6) is 5.75 Å². The summed E-state index contributed by atoms with van der Waals surface area (Å²) in [4.78, 5) is 23.7. The Labute approximate surface area is 120 Å². The Balaban J connectivity index is 2.27. The molecule has 0 spiro atoms. The minimum atomic E-state index is -4.07. The first-order valence-electron chi connectivity index (χ1n) is 5.92. The smallest absolute Gasteiger partial charge is 0.247 e. The number of amides is 2. The molecule has 0 bridgehead atoms. The summed E-state index contributed by atoms with van der Waals surface area (Å²) < 4.78 is 44.4. The van der Waals surface area contributed by atoms with Gasteiger partial charge in [0, 0.05) is 13.1 Å². The van der Waals surface area contributed by atoms with Gasteiger partial charge in [-0.2, -0.15) is 4.72 Å². The van der Waals surface area contributed by atoms with Gasteiger partial charge in [-0.1, -0.05) is 0 Å². The third-order valence-electron chi connectivity index (χ3n) is 3.11. The summed E-state index contributed by atoms with van der Waals surface area (Å²) in [5.74, 6) is -2.03. The first-order chi connectivity index (χ1) is 9.76. The van der Waals surface area contributed by atoms with E-state index in [2.05, 4.69) is 4.72 Å². The number of hydrogen-bond donors (Lipinski definition) is 1. The summed E-state index contributed by atoms with van der Waals surface area (Å²) in [7, 11) is -1.59. The highest BCUT2D eigenvalue weighted by atomic mass is 32.2. The van der Waals surface area contributed by atoms with E-state index in [4.69, 9.17) is 4.74 Å². The number of nitrogens with one attached hydrogen (secondary N) is 1. The van der Waals surface area contributed by atoms with Gasteiger partial charge >= 0.3 is 0 Å². The van der Waals surface area contributed by atoms with Crippen LogP contribution in [0.4, 0.5) is 4.39 Å². The fourth-order valence-corrected chi connectivity index (χ4v) is 3.11. The molecule has 1 atom stereocenters. The molecule has 0 saturated carbocycles. The van der Waals surface area contributed by atoms with Gasteiger partial charge in [-0.15, -0.1) is 0 Å². The maximum absolute atomic E-state index is 13.3. The second-order valence-electron chi connectivity index (χ2n) is 4.47. The highest BCUT2D eigenvalue weighted by Gasteiger charge is 2.38. The van der Waals surface area contributed by atoms with E-state index in [1.807, 2.05) is 0 Å². The molecule has 0 aliphatic carbocycles. The molecule has 0 unspecified atom stereocenters. The zero-order valence-electron chi connectivity index (χ0n) is 11.3. The number of likely N-dealkylation sites (tertiary alicyclic amines) is 1. The standard InChI is InChI=1S/C12H13FN2O5S/c1-15-11(16)6-9(12(15)17)14-21(18,19)7-3-4-8(13)10(5-7)20-2/h3-5,9,14H,6H2,1-2H3/t9-/m1/s1. The molecule has 1 heterocycles. The summed E-state index contributed by atoms with van der Waals surface area (Å²) >= 11 is 0. The quantitative estimate of drug-likeness (QED) is 0.781. The van der Waals surface area contributed by atoms with Gasteiger partial charge in [0.25, 0.3) is 0 Å². The number of methoxy groups -OCH3 is 1. The zero-order valence-corrected chi connectivity index (χ0v) is 12.1. The summed E-state index contributed by atoms with van der Waals surface area (Å²) in [6.07, 6.45) is -0.243. The maximum Gasteiger partial charge on any atom is 0.247 e. The van der Waals surface area contributed by atoms with E-state index in [0.29, 0.717) is 0 Å². The van der Waals surface area contributed by atoms with Crippen molar-refractivity contribution < 1.29 is 27.1 Å². The van der Waals surface area contributed by atoms with Gasteiger partial charge in [0.1, 0.15) is 6.04 Å². The number of halogens is 1. The molecule has 21 heavy (non-hydrogen) atoms. The Morgan fingerprint density at radius 2 is 2.05 bits per heavy atom. The van der Waals surface area contributed by atoms with Crippen molar-refractivity contribution in [2.24, 2.45) is 0 Å². The minimum absolute atomic E-state index is 0.233. The Kier molecular flexibility index (Phi) is 3.97. The number of imide groups is 1. The van der Waals surface area contributed by atoms with Crippen LogP contribution in [0.1, 0.15) is 6.42 Å². The largest absolute Gasteiger partial charge is 0.494 e. The molecule has 1 saturated heterocycles. The number of likely N-dealkylation sites (N-methyl/N-ethyl adjacent to an activating group) is 1. The van der Waals surface area contributed by atoms with Crippen molar-refractivity contribution >= 4 is 21.8 Å². The van der Waals surface area contributed by atoms with Gasteiger partial charge in [0.2, 0.25) is 21.8 Å². The van der Waals surface area contributed by atoms with E-state index >= 15 is 0 Å². The Morgan fingerprint density at radius 3 is 2.57 bits per heavy atom. The molecule has 0 aromatic heterocycles. The van der Waals surface area contributed by atoms with E-state index in [-0.39, 0.29) is 17.1 Å². The van der Waals surface area contributed by atoms with Gasteiger partial charge in [-0.25, -0.2) is 12.8 Å². The van der Waals surface area contributed by atoms with Gasteiger partial charge in [-0.05, 0) is 12.1 Å². The second-order valence-corrected chi connectivity index (χ2v) is 6.18. The molecule has 114 valence electrons. The van der Waals surface area contributed by atoms with Crippen molar-refractivity contribution in [3.05, 3.63) is 24.0 Å². The van der Waals surface area contributed by atoms with E-state index in [9.17, 15) is 22.4 Å². The van der Waals surface area contributed by atoms with Crippen LogP contribution < -0.4 is 9.46 Å². The average molecular weight is 316 g/mol. The third kappa shape index (κ3) is 2.88. The lowest BCUT2D eigenvalue weighted by Crippen LogP contribution is -2.40. The van der Waals surface area contributed by atoms with Gasteiger partial charge in [0.15, 0.2) is 11.6 Å². The third-order valence-corrected chi connectivity index (χ3v) is 4.58. The molecule has 2 amide bonds. The molecule has 1 aromatic rings. The molecular weight excluding hydrogens is 303 g/mol. The monoisotopic (exact) mass is 316 g/mol. The van der Waals surface area contributed by atoms with Gasteiger partial charge in [0.05, 0.1) is 18.4 Å². The van der Waals surface area contributed by atoms with Crippen molar-refractivity contribution in [2.45, 2.75) is 17.4 Å². The van der Waals surface area contributed by atoms with Crippen LogP contribution in [0, 0.1) is 5.82 Å². The topological polar surface area (TPSA) is 92.8 Å². The van der Waals surface area contributed by atoms with Crippen molar-refractivity contribution in [3.63, 3.8) is 0 Å². The van der Waals surface area contributed by atoms with Gasteiger partial charge < -0.3 is 4.74 Å². The van der Waals surface area contributed by atoms with E-state index < -0.39 is 33.7 Å². The number of ether oxygens (including phenoxy) is 1. The SMILES string of the molecule is COc1cc(S(=O)(=O)N[C@@H]2CC(=O)N(C)C2=O)ccc1F. The molecule has 9 heteroatoms. The molecule has 1 aliphatic heterocycles. The number of carbonyl (C=O) groups excluding carboxylic acids is 2. The first-order valence-corrected chi connectivity index (χ1v) is 7.41. The van der Waals surface area contributed by atoms with Gasteiger partial charge in [-0.3, -0.25) is 14.5 Å². The summed E-state index contributed by atoms with van der Waals surface area (Å²) in [6, 6.07) is 1.85. The predicted molar refractivity (Wildman–Crippen MR) is 69.5 cm³/mol. The summed E-state index contributed by atoms with van der Waals surface area (Å²) in [5, 5.41) is 0. The fraction of sp³-hybridized carbons (Fsp3) is 0.333. The van der Waals surface area contributed by atoms with Crippen LogP contribution in [0.25, 0.3) is 0 Å². The van der Waals surface area contributed by atoms with Crippen LogP contribution in [-0.4, -0.2) is 45.3 Å². The number of carbonyl (C=O) groups is 2. The van der Waals surface area contributed by atoms with Crippen molar-refractivity contribution in [1.82, 2.24) is 9.62 Å². The fourth-order valence-electron chi connectivity index (χ4n) is 1.91. The predicted octanol–water partition coefficient (Wildman–Crippen LogP) is -0.130. The lowest BCUT2D eigenvalue weighted by molar-refractivity contribution is -0.137. The van der Waals surface area contributed by atoms with Crippen LogP contribution in [0.15, 0.2) is 23.1 Å². The highest BCUT2D eigenvalue weighted by Crippen LogP contribution is 2.22. The number of sulfonamides is 1. The molecule has 0 radical (unpaired) electrons. The zero-order chi connectivity index (χ0) is 15.8. The highest BCUT2D eigenvalue weighted by molar-refractivity contribution is 7.89. The van der Waals surface area contributed by atoms with E-state index in [1.54, 1.807) is 0 Å². The van der Waals surface area contributed by atoms with Crippen LogP contribution in [-0.2, 0) is 19.6 Å². The molecule has 2 rings (SSSR count). The van der Waals surface area contributed by atoms with E-state index in [0.717, 1.165) is 23.1 Å². The number of nitrogens with zero attached hydrogens (tertiary/aromatic N) is 1. The normalized spacial score (nSPS) is 19.2. The molecule has 7 nitrogen and oxygen atoms in total. The lowest BCUT2D eigenvalue weighted by Gasteiger charge is -2.12. The van der Waals surface area contributed by atoms with Crippen molar-refractivity contribution in [2.75, 3.05) is 14.2 Å². The lowest BCUT2D eigenvalue weighted by atomic mass is 10.3. The Bertz CT molecular complexity index is 704. The Hall–Kier alpha value is -2.00. The maximum atomic E-state index is 13.3. The molecule has 1 aromatic carbocycles. The molecule has 1 N–H and O–H groups in total.